The number of hydrazine groups is 1. The number of halogens is 1. The van der Waals surface area contributed by atoms with Crippen molar-refractivity contribution in [3.8, 4) is 0 Å². The number of aryl methyl sites for hydroxylation is 3. The van der Waals surface area contributed by atoms with Crippen molar-refractivity contribution < 1.29 is 4.42 Å². The molecule has 2 rings (SSSR count). The second-order valence-corrected chi connectivity index (χ2v) is 4.98. The summed E-state index contributed by atoms with van der Waals surface area (Å²) in [5, 5.41) is 4.90. The van der Waals surface area contributed by atoms with Gasteiger partial charge in [-0.05, 0) is 26.3 Å². The highest BCUT2D eigenvalue weighted by Gasteiger charge is 2.24. The molecular formula is C13H19ClN4O. The maximum absolute atomic E-state index is 6.25. The molecule has 2 heterocycles. The molecule has 0 spiro atoms. The quantitative estimate of drug-likeness (QED) is 0.653. The molecule has 0 saturated heterocycles. The predicted molar refractivity (Wildman–Crippen MR) is 74.9 cm³/mol. The Morgan fingerprint density at radius 2 is 2.26 bits per heavy atom. The van der Waals surface area contributed by atoms with E-state index in [1.54, 1.807) is 6.20 Å². The van der Waals surface area contributed by atoms with Gasteiger partial charge >= 0.3 is 0 Å². The van der Waals surface area contributed by atoms with E-state index in [1.165, 1.54) is 0 Å². The lowest BCUT2D eigenvalue weighted by Crippen LogP contribution is -2.31. The fraction of sp³-hybridized carbons (Fsp3) is 0.462. The van der Waals surface area contributed by atoms with Crippen LogP contribution in [0.15, 0.2) is 16.7 Å². The molecule has 0 radical (unpaired) electrons. The number of hydrogen-bond donors (Lipinski definition) is 2. The van der Waals surface area contributed by atoms with E-state index in [0.717, 1.165) is 35.7 Å². The van der Waals surface area contributed by atoms with Crippen LogP contribution >= 0.6 is 11.6 Å². The molecule has 19 heavy (non-hydrogen) atoms. The normalized spacial score (nSPS) is 12.9. The second-order valence-electron chi connectivity index (χ2n) is 4.57. The lowest BCUT2D eigenvalue weighted by Gasteiger charge is -2.17. The zero-order chi connectivity index (χ0) is 14.0. The van der Waals surface area contributed by atoms with Gasteiger partial charge < -0.3 is 4.42 Å². The molecule has 0 aliphatic heterocycles. The number of nitrogens with two attached hydrogens (primary N) is 1. The summed E-state index contributed by atoms with van der Waals surface area (Å²) < 4.78 is 7.45. The fourth-order valence-electron chi connectivity index (χ4n) is 2.30. The average molecular weight is 283 g/mol. The van der Waals surface area contributed by atoms with E-state index in [9.17, 15) is 0 Å². The molecule has 1 unspecified atom stereocenters. The highest BCUT2D eigenvalue weighted by atomic mass is 35.5. The molecule has 6 heteroatoms. The molecule has 0 aliphatic rings. The SMILES string of the molecule is CCCn1ncc(Cl)c1C(NN)c1cc(C)oc1C. The lowest BCUT2D eigenvalue weighted by molar-refractivity contribution is 0.485. The van der Waals surface area contributed by atoms with Gasteiger partial charge in [-0.3, -0.25) is 10.5 Å². The molecule has 0 aromatic carbocycles. The second kappa shape index (κ2) is 5.77. The number of nitrogens with one attached hydrogen (secondary N) is 1. The summed E-state index contributed by atoms with van der Waals surface area (Å²) in [4.78, 5) is 0. The van der Waals surface area contributed by atoms with Gasteiger partial charge in [0.05, 0.1) is 23.0 Å². The number of aromatic nitrogens is 2. The van der Waals surface area contributed by atoms with Crippen LogP contribution in [-0.2, 0) is 6.54 Å². The molecule has 2 aromatic rings. The topological polar surface area (TPSA) is 69.0 Å². The van der Waals surface area contributed by atoms with Gasteiger partial charge in [0, 0.05) is 12.1 Å². The van der Waals surface area contributed by atoms with E-state index in [4.69, 9.17) is 21.9 Å². The Hall–Kier alpha value is -1.30. The third-order valence-corrected chi connectivity index (χ3v) is 3.39. The van der Waals surface area contributed by atoms with E-state index in [-0.39, 0.29) is 6.04 Å². The highest BCUT2D eigenvalue weighted by molar-refractivity contribution is 6.31. The Kier molecular flexibility index (Phi) is 4.29. The maximum atomic E-state index is 6.25. The van der Waals surface area contributed by atoms with E-state index in [2.05, 4.69) is 17.4 Å². The van der Waals surface area contributed by atoms with Crippen LogP contribution in [0, 0.1) is 13.8 Å². The average Bonchev–Trinajstić information content (AvgIpc) is 2.87. The summed E-state index contributed by atoms with van der Waals surface area (Å²) in [7, 11) is 0. The Balaban J connectivity index is 2.47. The van der Waals surface area contributed by atoms with Crippen molar-refractivity contribution in [1.82, 2.24) is 15.2 Å². The summed E-state index contributed by atoms with van der Waals surface area (Å²) in [6, 6.07) is 1.75. The van der Waals surface area contributed by atoms with Crippen LogP contribution < -0.4 is 11.3 Å². The summed E-state index contributed by atoms with van der Waals surface area (Å²) in [5.41, 5.74) is 4.67. The Labute approximate surface area is 117 Å². The van der Waals surface area contributed by atoms with Crippen LogP contribution in [0.1, 0.15) is 42.2 Å². The molecule has 0 fully saturated rings. The Morgan fingerprint density at radius 1 is 1.53 bits per heavy atom. The summed E-state index contributed by atoms with van der Waals surface area (Å²) in [6.45, 7) is 6.73. The molecular weight excluding hydrogens is 264 g/mol. The first-order chi connectivity index (χ1) is 9.08. The molecule has 0 bridgehead atoms. The van der Waals surface area contributed by atoms with Crippen LogP contribution in [0.2, 0.25) is 5.02 Å². The number of hydrogen-bond acceptors (Lipinski definition) is 4. The smallest absolute Gasteiger partial charge is 0.106 e. The van der Waals surface area contributed by atoms with Gasteiger partial charge in [0.2, 0.25) is 0 Å². The number of furan rings is 1. The van der Waals surface area contributed by atoms with Crippen molar-refractivity contribution in [3.63, 3.8) is 0 Å². The molecule has 5 nitrogen and oxygen atoms in total. The molecule has 0 saturated carbocycles. The molecule has 1 atom stereocenters. The van der Waals surface area contributed by atoms with Crippen molar-refractivity contribution in [2.45, 2.75) is 39.8 Å². The van der Waals surface area contributed by atoms with Crippen LogP contribution in [0.5, 0.6) is 0 Å². The minimum absolute atomic E-state index is 0.223. The van der Waals surface area contributed by atoms with Crippen molar-refractivity contribution in [2.75, 3.05) is 0 Å². The largest absolute Gasteiger partial charge is 0.466 e. The third kappa shape index (κ3) is 2.68. The van der Waals surface area contributed by atoms with Gasteiger partial charge in [-0.15, -0.1) is 0 Å². The molecule has 3 N–H and O–H groups in total. The first kappa shape index (κ1) is 14.1. The zero-order valence-electron chi connectivity index (χ0n) is 11.4. The van der Waals surface area contributed by atoms with Gasteiger partial charge in [-0.2, -0.15) is 5.10 Å². The standard InChI is InChI=1S/C13H19ClN4O/c1-4-5-18-13(11(14)7-16-18)12(17-15)10-6-8(2)19-9(10)3/h6-7,12,17H,4-5,15H2,1-3H3. The first-order valence-corrected chi connectivity index (χ1v) is 6.70. The first-order valence-electron chi connectivity index (χ1n) is 6.32. The van der Waals surface area contributed by atoms with Crippen molar-refractivity contribution in [3.05, 3.63) is 40.1 Å². The predicted octanol–water partition coefficient (Wildman–Crippen LogP) is 2.71. The fourth-order valence-corrected chi connectivity index (χ4v) is 2.55. The molecule has 104 valence electrons. The monoisotopic (exact) mass is 282 g/mol. The van der Waals surface area contributed by atoms with Gasteiger partial charge in [0.15, 0.2) is 0 Å². The van der Waals surface area contributed by atoms with Crippen LogP contribution in [0.4, 0.5) is 0 Å². The van der Waals surface area contributed by atoms with Crippen molar-refractivity contribution >= 4 is 11.6 Å². The zero-order valence-corrected chi connectivity index (χ0v) is 12.2. The van der Waals surface area contributed by atoms with E-state index in [0.29, 0.717) is 5.02 Å². The number of nitrogens with zero attached hydrogens (tertiary/aromatic N) is 2. The van der Waals surface area contributed by atoms with E-state index >= 15 is 0 Å². The minimum Gasteiger partial charge on any atom is -0.466 e. The molecule has 0 amide bonds. The summed E-state index contributed by atoms with van der Waals surface area (Å²) >= 11 is 6.25. The minimum atomic E-state index is -0.223. The van der Waals surface area contributed by atoms with Gasteiger partial charge in [-0.25, -0.2) is 5.43 Å². The lowest BCUT2D eigenvalue weighted by atomic mass is 10.0. The van der Waals surface area contributed by atoms with Crippen molar-refractivity contribution in [2.24, 2.45) is 5.84 Å². The van der Waals surface area contributed by atoms with Crippen LogP contribution in [0.3, 0.4) is 0 Å². The highest BCUT2D eigenvalue weighted by Crippen LogP contribution is 2.31. The van der Waals surface area contributed by atoms with Crippen molar-refractivity contribution in [1.29, 1.82) is 0 Å². The Morgan fingerprint density at radius 3 is 2.79 bits per heavy atom. The van der Waals surface area contributed by atoms with Gasteiger partial charge in [0.1, 0.15) is 11.5 Å². The summed E-state index contributed by atoms with van der Waals surface area (Å²) in [6.07, 6.45) is 2.63. The van der Waals surface area contributed by atoms with Crippen LogP contribution in [0.25, 0.3) is 0 Å². The van der Waals surface area contributed by atoms with Gasteiger partial charge in [-0.1, -0.05) is 18.5 Å². The number of rotatable bonds is 5. The maximum Gasteiger partial charge on any atom is 0.106 e. The summed E-state index contributed by atoms with van der Waals surface area (Å²) in [5.74, 6) is 7.40. The van der Waals surface area contributed by atoms with Crippen LogP contribution in [-0.4, -0.2) is 9.78 Å². The van der Waals surface area contributed by atoms with Gasteiger partial charge in [0.25, 0.3) is 0 Å². The third-order valence-electron chi connectivity index (χ3n) is 3.10. The Bertz CT molecular complexity index is 561. The van der Waals surface area contributed by atoms with E-state index < -0.39 is 0 Å². The molecule has 0 aliphatic carbocycles. The van der Waals surface area contributed by atoms with E-state index in [1.807, 2.05) is 24.6 Å². The molecule has 2 aromatic heterocycles.